The molecule has 3 aromatic rings. The summed E-state index contributed by atoms with van der Waals surface area (Å²) < 4.78 is 35.4. The Morgan fingerprint density at radius 1 is 1.31 bits per heavy atom. The molecule has 5 rings (SSSR count). The number of halogens is 3. The standard InChI is InChI=1S/C24H27ClF2N6O2/c1-13-5-4-8-33(11-13)23-28-10-17(25)21(31-23)30-15-6-7-18-16(9-15)19-20(22(34)32(18)3)35-12-24(26,27)14(2)29-19/h6-7,9-10,13-14,29H,4-5,8,11-12H2,1-3H3,(H,28,30,31)/t13?,14-/m0/s1. The number of nitrogens with zero attached hydrogens (tertiary/aromatic N) is 4. The van der Waals surface area contributed by atoms with E-state index >= 15 is 0 Å². The molecule has 1 fully saturated rings. The largest absolute Gasteiger partial charge is 0.480 e. The molecule has 35 heavy (non-hydrogen) atoms. The van der Waals surface area contributed by atoms with E-state index in [-0.39, 0.29) is 11.4 Å². The summed E-state index contributed by atoms with van der Waals surface area (Å²) in [6.07, 6.45) is 3.83. The number of aromatic nitrogens is 3. The maximum Gasteiger partial charge on any atom is 0.300 e. The van der Waals surface area contributed by atoms with Gasteiger partial charge in [0.15, 0.2) is 12.4 Å². The molecule has 8 nitrogen and oxygen atoms in total. The van der Waals surface area contributed by atoms with Crippen LogP contribution in [0, 0.1) is 5.92 Å². The third-order valence-electron chi connectivity index (χ3n) is 6.69. The summed E-state index contributed by atoms with van der Waals surface area (Å²) in [5.41, 5.74) is 0.963. The maximum atomic E-state index is 14.3. The van der Waals surface area contributed by atoms with Crippen molar-refractivity contribution < 1.29 is 13.5 Å². The second kappa shape index (κ2) is 8.82. The topological polar surface area (TPSA) is 84.3 Å². The summed E-state index contributed by atoms with van der Waals surface area (Å²) >= 11 is 6.40. The lowest BCUT2D eigenvalue weighted by Crippen LogP contribution is -2.40. The SMILES string of the molecule is CC1CCCN(c2ncc(Cl)c(Nc3ccc4c(c3)c3c(c(=O)n4C)OCC(F)(F)[C@H](C)N3)n2)C1. The van der Waals surface area contributed by atoms with Crippen LogP contribution in [0.4, 0.5) is 31.9 Å². The molecule has 2 aliphatic heterocycles. The first-order valence-corrected chi connectivity index (χ1v) is 12.0. The quantitative estimate of drug-likeness (QED) is 0.530. The van der Waals surface area contributed by atoms with Gasteiger partial charge in [0.1, 0.15) is 5.02 Å². The van der Waals surface area contributed by atoms with Crippen molar-refractivity contribution in [3.05, 3.63) is 39.8 Å². The van der Waals surface area contributed by atoms with Gasteiger partial charge in [-0.05, 0) is 43.9 Å². The van der Waals surface area contributed by atoms with Crippen molar-refractivity contribution in [2.75, 3.05) is 35.2 Å². The fourth-order valence-corrected chi connectivity index (χ4v) is 4.73. The molecular weight excluding hydrogens is 478 g/mol. The first-order valence-electron chi connectivity index (χ1n) is 11.6. The lowest BCUT2D eigenvalue weighted by Gasteiger charge is -2.31. The van der Waals surface area contributed by atoms with Gasteiger partial charge >= 0.3 is 5.92 Å². The minimum atomic E-state index is -3.14. The fraction of sp³-hybridized carbons (Fsp3) is 0.458. The van der Waals surface area contributed by atoms with Crippen LogP contribution in [-0.4, -0.2) is 46.2 Å². The Balaban J connectivity index is 1.54. The number of nitrogens with one attached hydrogen (secondary N) is 2. The molecule has 4 heterocycles. The maximum absolute atomic E-state index is 14.3. The highest BCUT2D eigenvalue weighted by Gasteiger charge is 2.41. The Morgan fingerprint density at radius 3 is 2.89 bits per heavy atom. The fourth-order valence-electron chi connectivity index (χ4n) is 4.60. The van der Waals surface area contributed by atoms with E-state index in [0.717, 1.165) is 19.5 Å². The molecular formula is C24H27ClF2N6O2. The van der Waals surface area contributed by atoms with Crippen molar-refractivity contribution in [2.45, 2.75) is 38.7 Å². The summed E-state index contributed by atoms with van der Waals surface area (Å²) in [5.74, 6) is -1.65. The highest BCUT2D eigenvalue weighted by Crippen LogP contribution is 2.38. The number of benzene rings is 1. The molecule has 0 radical (unpaired) electrons. The van der Waals surface area contributed by atoms with E-state index in [0.29, 0.717) is 39.3 Å². The Kier molecular flexibility index (Phi) is 5.94. The summed E-state index contributed by atoms with van der Waals surface area (Å²) in [5, 5.41) is 6.95. The Morgan fingerprint density at radius 2 is 2.11 bits per heavy atom. The van der Waals surface area contributed by atoms with Crippen molar-refractivity contribution in [3.63, 3.8) is 0 Å². The summed E-state index contributed by atoms with van der Waals surface area (Å²) in [7, 11) is 1.58. The molecule has 0 spiro atoms. The number of anilines is 4. The minimum Gasteiger partial charge on any atom is -0.480 e. The molecule has 0 aliphatic carbocycles. The highest BCUT2D eigenvalue weighted by molar-refractivity contribution is 6.32. The van der Waals surface area contributed by atoms with Gasteiger partial charge in [0.05, 0.1) is 23.4 Å². The van der Waals surface area contributed by atoms with Crippen LogP contribution in [0.3, 0.4) is 0 Å². The van der Waals surface area contributed by atoms with E-state index in [1.807, 2.05) is 0 Å². The van der Waals surface area contributed by atoms with Crippen molar-refractivity contribution in [3.8, 4) is 5.75 Å². The monoisotopic (exact) mass is 504 g/mol. The van der Waals surface area contributed by atoms with Gasteiger partial charge in [0.25, 0.3) is 5.56 Å². The molecule has 2 atom stereocenters. The number of pyridine rings is 1. The number of hydrogen-bond donors (Lipinski definition) is 2. The normalized spacial score (nSPS) is 21.6. The highest BCUT2D eigenvalue weighted by atomic mass is 35.5. The summed E-state index contributed by atoms with van der Waals surface area (Å²) in [6.45, 7) is 4.47. The molecule has 0 bridgehead atoms. The third kappa shape index (κ3) is 4.35. The number of ether oxygens (including phenoxy) is 1. The first-order chi connectivity index (χ1) is 16.6. The summed E-state index contributed by atoms with van der Waals surface area (Å²) in [4.78, 5) is 24.0. The number of piperidine rings is 1. The molecule has 2 N–H and O–H groups in total. The van der Waals surface area contributed by atoms with Gasteiger partial charge in [-0.3, -0.25) is 4.79 Å². The number of fused-ring (bicyclic) bond motifs is 3. The smallest absolute Gasteiger partial charge is 0.300 e. The zero-order valence-electron chi connectivity index (χ0n) is 19.7. The van der Waals surface area contributed by atoms with Gasteiger partial charge in [-0.15, -0.1) is 0 Å². The number of alkyl halides is 2. The van der Waals surface area contributed by atoms with Crippen LogP contribution in [0.5, 0.6) is 5.75 Å². The Hall–Kier alpha value is -3.14. The molecule has 0 saturated carbocycles. The average molecular weight is 505 g/mol. The van der Waals surface area contributed by atoms with Crippen LogP contribution in [0.2, 0.25) is 5.02 Å². The summed E-state index contributed by atoms with van der Waals surface area (Å²) in [6, 6.07) is 4.07. The average Bonchev–Trinajstić information content (AvgIpc) is 2.94. The lowest BCUT2D eigenvalue weighted by atomic mass is 10.0. The van der Waals surface area contributed by atoms with Gasteiger partial charge in [-0.1, -0.05) is 18.5 Å². The first kappa shape index (κ1) is 23.6. The predicted molar refractivity (Wildman–Crippen MR) is 134 cm³/mol. The molecule has 186 valence electrons. The second-order valence-corrected chi connectivity index (χ2v) is 9.81. The van der Waals surface area contributed by atoms with E-state index in [4.69, 9.17) is 16.3 Å². The molecule has 1 aromatic carbocycles. The lowest BCUT2D eigenvalue weighted by molar-refractivity contribution is -0.0487. The van der Waals surface area contributed by atoms with E-state index in [1.54, 1.807) is 31.4 Å². The van der Waals surface area contributed by atoms with Crippen LogP contribution in [-0.2, 0) is 7.05 Å². The van der Waals surface area contributed by atoms with Crippen LogP contribution in [0.1, 0.15) is 26.7 Å². The van der Waals surface area contributed by atoms with Crippen molar-refractivity contribution >= 4 is 45.6 Å². The number of rotatable bonds is 3. The number of hydrogen-bond acceptors (Lipinski definition) is 7. The van der Waals surface area contributed by atoms with Gasteiger partial charge in [0, 0.05) is 31.2 Å². The van der Waals surface area contributed by atoms with Gasteiger partial charge in [0.2, 0.25) is 11.7 Å². The van der Waals surface area contributed by atoms with Gasteiger partial charge in [-0.2, -0.15) is 4.98 Å². The van der Waals surface area contributed by atoms with Crippen LogP contribution in [0.15, 0.2) is 29.2 Å². The molecule has 1 unspecified atom stereocenters. The Bertz CT molecular complexity index is 1350. The van der Waals surface area contributed by atoms with Crippen LogP contribution in [0.25, 0.3) is 10.9 Å². The van der Waals surface area contributed by atoms with E-state index in [2.05, 4.69) is 32.4 Å². The van der Waals surface area contributed by atoms with E-state index < -0.39 is 24.1 Å². The molecule has 1 saturated heterocycles. The predicted octanol–water partition coefficient (Wildman–Crippen LogP) is 4.79. The van der Waals surface area contributed by atoms with Gasteiger partial charge < -0.3 is 24.8 Å². The van der Waals surface area contributed by atoms with E-state index in [1.165, 1.54) is 17.9 Å². The Labute approximate surface area is 206 Å². The minimum absolute atomic E-state index is 0.122. The van der Waals surface area contributed by atoms with Crippen molar-refractivity contribution in [2.24, 2.45) is 13.0 Å². The second-order valence-electron chi connectivity index (χ2n) is 9.40. The zero-order valence-corrected chi connectivity index (χ0v) is 20.5. The van der Waals surface area contributed by atoms with Crippen LogP contribution >= 0.6 is 11.6 Å². The van der Waals surface area contributed by atoms with E-state index in [9.17, 15) is 13.6 Å². The molecule has 2 aromatic heterocycles. The molecule has 11 heteroatoms. The van der Waals surface area contributed by atoms with Crippen molar-refractivity contribution in [1.82, 2.24) is 14.5 Å². The third-order valence-corrected chi connectivity index (χ3v) is 6.97. The van der Waals surface area contributed by atoms with Crippen molar-refractivity contribution in [1.29, 1.82) is 0 Å². The van der Waals surface area contributed by atoms with Gasteiger partial charge in [-0.25, -0.2) is 13.8 Å². The number of aryl methyl sites for hydroxylation is 1. The molecule has 0 amide bonds. The zero-order chi connectivity index (χ0) is 24.9. The molecule has 2 aliphatic rings. The van der Waals surface area contributed by atoms with Crippen LogP contribution < -0.4 is 25.8 Å².